The second-order valence-corrected chi connectivity index (χ2v) is 5.11. The summed E-state index contributed by atoms with van der Waals surface area (Å²) in [4.78, 5) is 11.8. The standard InChI is InChI=1S/C13H20ClN3O/c1-8(2)7-16-13(18)9(3)17-11-6-4-5-10(14)12(11)15/h4-6,8-9,17H,7,15H2,1-3H3,(H,16,18). The normalized spacial score (nSPS) is 12.3. The molecule has 1 rings (SSSR count). The van der Waals surface area contributed by atoms with Gasteiger partial charge in [-0.2, -0.15) is 0 Å². The Balaban J connectivity index is 2.61. The van der Waals surface area contributed by atoms with E-state index in [9.17, 15) is 4.79 Å². The summed E-state index contributed by atoms with van der Waals surface area (Å²) in [6.45, 7) is 6.55. The minimum atomic E-state index is -0.357. The van der Waals surface area contributed by atoms with E-state index in [4.69, 9.17) is 17.3 Å². The lowest BCUT2D eigenvalue weighted by atomic mass is 10.2. The van der Waals surface area contributed by atoms with Gasteiger partial charge in [0, 0.05) is 6.54 Å². The first-order valence-corrected chi connectivity index (χ1v) is 6.37. The molecular weight excluding hydrogens is 250 g/mol. The molecular formula is C13H20ClN3O. The van der Waals surface area contributed by atoms with Crippen molar-refractivity contribution >= 4 is 28.9 Å². The predicted molar refractivity (Wildman–Crippen MR) is 76.8 cm³/mol. The van der Waals surface area contributed by atoms with Crippen LogP contribution >= 0.6 is 11.6 Å². The molecule has 1 amide bonds. The Labute approximate surface area is 113 Å². The number of nitrogens with two attached hydrogens (primary N) is 1. The highest BCUT2D eigenvalue weighted by Crippen LogP contribution is 2.27. The zero-order valence-corrected chi connectivity index (χ0v) is 11.7. The number of anilines is 2. The molecule has 18 heavy (non-hydrogen) atoms. The molecule has 0 bridgehead atoms. The van der Waals surface area contributed by atoms with E-state index >= 15 is 0 Å². The van der Waals surface area contributed by atoms with Crippen LogP contribution in [0, 0.1) is 5.92 Å². The number of halogens is 1. The van der Waals surface area contributed by atoms with E-state index in [-0.39, 0.29) is 11.9 Å². The first-order chi connectivity index (χ1) is 8.41. The maximum Gasteiger partial charge on any atom is 0.242 e. The molecule has 1 unspecified atom stereocenters. The average molecular weight is 270 g/mol. The maximum absolute atomic E-state index is 11.8. The lowest BCUT2D eigenvalue weighted by Crippen LogP contribution is -2.39. The fourth-order valence-corrected chi connectivity index (χ4v) is 1.59. The number of hydrogen-bond acceptors (Lipinski definition) is 3. The van der Waals surface area contributed by atoms with Crippen LogP contribution in [0.4, 0.5) is 11.4 Å². The van der Waals surface area contributed by atoms with Crippen molar-refractivity contribution in [1.29, 1.82) is 0 Å². The highest BCUT2D eigenvalue weighted by molar-refractivity contribution is 6.33. The van der Waals surface area contributed by atoms with E-state index in [1.807, 2.05) is 13.8 Å². The number of para-hydroxylation sites is 1. The van der Waals surface area contributed by atoms with Crippen LogP contribution in [0.1, 0.15) is 20.8 Å². The zero-order valence-electron chi connectivity index (χ0n) is 11.0. The monoisotopic (exact) mass is 269 g/mol. The summed E-state index contributed by atoms with van der Waals surface area (Å²) in [6.07, 6.45) is 0. The van der Waals surface area contributed by atoms with Crippen LogP contribution in [0.5, 0.6) is 0 Å². The number of rotatable bonds is 5. The zero-order chi connectivity index (χ0) is 13.7. The van der Waals surface area contributed by atoms with Crippen LogP contribution in [-0.2, 0) is 4.79 Å². The number of hydrogen-bond donors (Lipinski definition) is 3. The molecule has 0 saturated heterocycles. The predicted octanol–water partition coefficient (Wildman–Crippen LogP) is 2.49. The SMILES string of the molecule is CC(C)CNC(=O)C(C)Nc1cccc(Cl)c1N. The van der Waals surface area contributed by atoms with E-state index in [1.165, 1.54) is 0 Å². The van der Waals surface area contributed by atoms with Crippen molar-refractivity contribution in [2.75, 3.05) is 17.6 Å². The molecule has 100 valence electrons. The third kappa shape index (κ3) is 4.11. The Morgan fingerprint density at radius 2 is 2.06 bits per heavy atom. The Morgan fingerprint density at radius 1 is 1.39 bits per heavy atom. The first-order valence-electron chi connectivity index (χ1n) is 6.00. The quantitative estimate of drug-likeness (QED) is 0.720. The molecule has 0 heterocycles. The van der Waals surface area contributed by atoms with Crippen LogP contribution < -0.4 is 16.4 Å². The minimum absolute atomic E-state index is 0.0527. The molecule has 0 aliphatic rings. The van der Waals surface area contributed by atoms with Crippen LogP contribution in [-0.4, -0.2) is 18.5 Å². The van der Waals surface area contributed by atoms with E-state index in [1.54, 1.807) is 25.1 Å². The van der Waals surface area contributed by atoms with E-state index in [0.29, 0.717) is 28.9 Å². The second kappa shape index (κ2) is 6.50. The number of nitrogen functional groups attached to an aromatic ring is 1. The van der Waals surface area contributed by atoms with Crippen molar-refractivity contribution in [3.63, 3.8) is 0 Å². The molecule has 1 aromatic carbocycles. The minimum Gasteiger partial charge on any atom is -0.396 e. The summed E-state index contributed by atoms with van der Waals surface area (Å²) in [6, 6.07) is 4.95. The third-order valence-corrected chi connectivity index (χ3v) is 2.83. The molecule has 0 aliphatic heterocycles. The number of amides is 1. The van der Waals surface area contributed by atoms with Gasteiger partial charge in [0.15, 0.2) is 0 Å². The number of carbonyl (C=O) groups excluding carboxylic acids is 1. The van der Waals surface area contributed by atoms with Crippen molar-refractivity contribution in [2.24, 2.45) is 5.92 Å². The first kappa shape index (κ1) is 14.6. The van der Waals surface area contributed by atoms with E-state index in [0.717, 1.165) is 0 Å². The molecule has 0 aliphatic carbocycles. The van der Waals surface area contributed by atoms with Crippen molar-refractivity contribution in [2.45, 2.75) is 26.8 Å². The van der Waals surface area contributed by atoms with Crippen molar-refractivity contribution in [1.82, 2.24) is 5.32 Å². The van der Waals surface area contributed by atoms with Crippen LogP contribution in [0.2, 0.25) is 5.02 Å². The summed E-state index contributed by atoms with van der Waals surface area (Å²) in [5.41, 5.74) is 6.96. The topological polar surface area (TPSA) is 67.2 Å². The van der Waals surface area contributed by atoms with Gasteiger partial charge in [0.05, 0.1) is 16.4 Å². The molecule has 5 heteroatoms. The Kier molecular flexibility index (Phi) is 5.28. The van der Waals surface area contributed by atoms with Gasteiger partial charge in [0.25, 0.3) is 0 Å². The smallest absolute Gasteiger partial charge is 0.242 e. The van der Waals surface area contributed by atoms with Gasteiger partial charge in [-0.25, -0.2) is 0 Å². The van der Waals surface area contributed by atoms with Gasteiger partial charge in [0.1, 0.15) is 6.04 Å². The number of nitrogens with one attached hydrogen (secondary N) is 2. The molecule has 4 nitrogen and oxygen atoms in total. The van der Waals surface area contributed by atoms with E-state index < -0.39 is 0 Å². The Hall–Kier alpha value is -1.42. The second-order valence-electron chi connectivity index (χ2n) is 4.71. The molecule has 0 aromatic heterocycles. The summed E-state index contributed by atoms with van der Waals surface area (Å²) < 4.78 is 0. The molecule has 1 atom stereocenters. The summed E-state index contributed by atoms with van der Waals surface area (Å²) in [5.74, 6) is 0.375. The molecule has 4 N–H and O–H groups in total. The fraction of sp³-hybridized carbons (Fsp3) is 0.462. The van der Waals surface area contributed by atoms with Gasteiger partial charge in [-0.1, -0.05) is 31.5 Å². The van der Waals surface area contributed by atoms with Gasteiger partial charge >= 0.3 is 0 Å². The van der Waals surface area contributed by atoms with Crippen LogP contribution in [0.15, 0.2) is 18.2 Å². The molecule has 0 fully saturated rings. The third-order valence-electron chi connectivity index (χ3n) is 2.50. The van der Waals surface area contributed by atoms with Gasteiger partial charge in [0.2, 0.25) is 5.91 Å². The number of benzene rings is 1. The largest absolute Gasteiger partial charge is 0.396 e. The van der Waals surface area contributed by atoms with Crippen LogP contribution in [0.3, 0.4) is 0 Å². The van der Waals surface area contributed by atoms with Crippen molar-refractivity contribution in [3.8, 4) is 0 Å². The highest BCUT2D eigenvalue weighted by atomic mass is 35.5. The highest BCUT2D eigenvalue weighted by Gasteiger charge is 2.14. The maximum atomic E-state index is 11.8. The molecule has 1 aromatic rings. The summed E-state index contributed by atoms with van der Waals surface area (Å²) in [5, 5.41) is 6.40. The van der Waals surface area contributed by atoms with Gasteiger partial charge in [-0.3, -0.25) is 4.79 Å². The molecule has 0 saturated carbocycles. The summed E-state index contributed by atoms with van der Waals surface area (Å²) in [7, 11) is 0. The van der Waals surface area contributed by atoms with Gasteiger partial charge in [-0.15, -0.1) is 0 Å². The lowest BCUT2D eigenvalue weighted by Gasteiger charge is -2.17. The lowest BCUT2D eigenvalue weighted by molar-refractivity contribution is -0.121. The molecule has 0 radical (unpaired) electrons. The van der Waals surface area contributed by atoms with E-state index in [2.05, 4.69) is 10.6 Å². The number of carbonyl (C=O) groups is 1. The summed E-state index contributed by atoms with van der Waals surface area (Å²) >= 11 is 5.91. The van der Waals surface area contributed by atoms with Crippen molar-refractivity contribution in [3.05, 3.63) is 23.2 Å². The Morgan fingerprint density at radius 3 is 2.67 bits per heavy atom. The van der Waals surface area contributed by atoms with Crippen molar-refractivity contribution < 1.29 is 4.79 Å². The van der Waals surface area contributed by atoms with Crippen LogP contribution in [0.25, 0.3) is 0 Å². The van der Waals surface area contributed by atoms with Gasteiger partial charge in [-0.05, 0) is 25.0 Å². The van der Waals surface area contributed by atoms with Gasteiger partial charge < -0.3 is 16.4 Å². The average Bonchev–Trinajstić information content (AvgIpc) is 2.31. The molecule has 0 spiro atoms. The Bertz CT molecular complexity index is 421. The fourth-order valence-electron chi connectivity index (χ4n) is 1.42.